The first-order chi connectivity index (χ1) is 13.7. The van der Waals surface area contributed by atoms with E-state index in [1.807, 2.05) is 47.4 Å². The van der Waals surface area contributed by atoms with Gasteiger partial charge >= 0.3 is 0 Å². The molecule has 6 heteroatoms. The molecule has 2 aromatic rings. The monoisotopic (exact) mass is 396 g/mol. The summed E-state index contributed by atoms with van der Waals surface area (Å²) in [5, 5.41) is 3.02. The van der Waals surface area contributed by atoms with E-state index in [0.29, 0.717) is 24.4 Å². The highest BCUT2D eigenvalue weighted by molar-refractivity contribution is 8.00. The lowest BCUT2D eigenvalue weighted by molar-refractivity contribution is -0.886. The van der Waals surface area contributed by atoms with Gasteiger partial charge in [-0.15, -0.1) is 11.8 Å². The first-order valence-electron chi connectivity index (χ1n) is 9.93. The molecule has 0 aliphatic carbocycles. The van der Waals surface area contributed by atoms with Crippen LogP contribution in [-0.4, -0.2) is 43.7 Å². The summed E-state index contributed by atoms with van der Waals surface area (Å²) in [6.07, 6.45) is 2.60. The van der Waals surface area contributed by atoms with Crippen LogP contribution >= 0.6 is 11.8 Å². The molecule has 28 heavy (non-hydrogen) atoms. The molecule has 0 saturated carbocycles. The van der Waals surface area contributed by atoms with Gasteiger partial charge in [0.15, 0.2) is 0 Å². The summed E-state index contributed by atoms with van der Waals surface area (Å²) in [5.41, 5.74) is 2.66. The number of rotatable bonds is 6. The minimum atomic E-state index is -0.0269. The molecule has 0 aromatic heterocycles. The number of amides is 2. The van der Waals surface area contributed by atoms with Gasteiger partial charge in [0, 0.05) is 23.3 Å². The molecule has 0 spiro atoms. The highest BCUT2D eigenvalue weighted by Crippen LogP contribution is 2.35. The van der Waals surface area contributed by atoms with Crippen molar-refractivity contribution in [3.8, 4) is 0 Å². The van der Waals surface area contributed by atoms with Gasteiger partial charge in [0.2, 0.25) is 5.91 Å². The van der Waals surface area contributed by atoms with Crippen LogP contribution in [0.15, 0.2) is 53.4 Å². The van der Waals surface area contributed by atoms with Crippen molar-refractivity contribution >= 4 is 29.3 Å². The maximum atomic E-state index is 12.4. The van der Waals surface area contributed by atoms with E-state index < -0.39 is 0 Å². The fourth-order valence-corrected chi connectivity index (χ4v) is 4.79. The van der Waals surface area contributed by atoms with Gasteiger partial charge in [-0.1, -0.05) is 24.3 Å². The third kappa shape index (κ3) is 4.39. The van der Waals surface area contributed by atoms with Crippen LogP contribution < -0.4 is 15.1 Å². The van der Waals surface area contributed by atoms with Crippen LogP contribution in [0.2, 0.25) is 0 Å². The quantitative estimate of drug-likeness (QED) is 0.782. The minimum Gasteiger partial charge on any atom is -0.346 e. The van der Waals surface area contributed by atoms with Crippen molar-refractivity contribution in [1.82, 2.24) is 5.32 Å². The van der Waals surface area contributed by atoms with Gasteiger partial charge in [-0.3, -0.25) is 9.59 Å². The second-order valence-electron chi connectivity index (χ2n) is 7.40. The number of benzene rings is 2. The number of fused-ring (bicyclic) bond motifs is 1. The van der Waals surface area contributed by atoms with Crippen LogP contribution in [0.25, 0.3) is 0 Å². The van der Waals surface area contributed by atoms with Crippen LogP contribution in [0.1, 0.15) is 28.8 Å². The number of hydrogen-bond acceptors (Lipinski definition) is 3. The van der Waals surface area contributed by atoms with Crippen LogP contribution in [0.4, 0.5) is 5.69 Å². The lowest BCUT2D eigenvalue weighted by Crippen LogP contribution is -3.10. The van der Waals surface area contributed by atoms with Gasteiger partial charge in [0.05, 0.1) is 44.2 Å². The molecular weight excluding hydrogens is 370 g/mol. The number of carbonyl (C=O) groups excluding carboxylic acids is 2. The molecule has 0 bridgehead atoms. The van der Waals surface area contributed by atoms with Crippen LogP contribution in [0, 0.1) is 0 Å². The largest absolute Gasteiger partial charge is 0.346 e. The van der Waals surface area contributed by atoms with Crippen molar-refractivity contribution in [2.75, 3.05) is 36.8 Å². The first-order valence-corrected chi connectivity index (χ1v) is 10.9. The van der Waals surface area contributed by atoms with Crippen LogP contribution in [0.3, 0.4) is 0 Å². The molecule has 1 saturated heterocycles. The summed E-state index contributed by atoms with van der Waals surface area (Å²) in [6.45, 7) is 4.68. The molecule has 5 nitrogen and oxygen atoms in total. The van der Waals surface area contributed by atoms with E-state index in [1.54, 1.807) is 16.7 Å². The summed E-state index contributed by atoms with van der Waals surface area (Å²) in [7, 11) is 0. The third-order valence-electron chi connectivity index (χ3n) is 5.44. The molecule has 146 valence electrons. The Morgan fingerprint density at radius 1 is 1.07 bits per heavy atom. The van der Waals surface area contributed by atoms with E-state index >= 15 is 0 Å². The summed E-state index contributed by atoms with van der Waals surface area (Å²) in [6, 6.07) is 15.6. The summed E-state index contributed by atoms with van der Waals surface area (Å²) in [4.78, 5) is 29.3. The van der Waals surface area contributed by atoms with Gasteiger partial charge in [0.25, 0.3) is 5.91 Å². The molecule has 0 unspecified atom stereocenters. The van der Waals surface area contributed by atoms with Crippen molar-refractivity contribution in [1.29, 1.82) is 0 Å². The second kappa shape index (κ2) is 8.80. The summed E-state index contributed by atoms with van der Waals surface area (Å²) >= 11 is 1.59. The van der Waals surface area contributed by atoms with Gasteiger partial charge in [-0.2, -0.15) is 0 Å². The number of anilines is 1. The third-order valence-corrected chi connectivity index (χ3v) is 6.49. The summed E-state index contributed by atoms with van der Waals surface area (Å²) in [5.74, 6) is 0.562. The molecular formula is C22H26N3O2S+. The van der Waals surface area contributed by atoms with Crippen molar-refractivity contribution < 1.29 is 14.5 Å². The van der Waals surface area contributed by atoms with E-state index in [1.165, 1.54) is 25.9 Å². The Bertz CT molecular complexity index is 847. The molecule has 2 amide bonds. The first kappa shape index (κ1) is 19.0. The second-order valence-corrected chi connectivity index (χ2v) is 8.41. The zero-order valence-electron chi connectivity index (χ0n) is 15.9. The number of nitrogens with zero attached hydrogens (tertiary/aromatic N) is 1. The van der Waals surface area contributed by atoms with Gasteiger partial charge in [0.1, 0.15) is 0 Å². The molecule has 2 N–H and O–H groups in total. The fourth-order valence-electron chi connectivity index (χ4n) is 3.85. The summed E-state index contributed by atoms with van der Waals surface area (Å²) < 4.78 is 0. The Balaban J connectivity index is 1.35. The maximum Gasteiger partial charge on any atom is 0.251 e. The molecule has 0 atom stereocenters. The number of para-hydroxylation sites is 1. The van der Waals surface area contributed by atoms with E-state index in [-0.39, 0.29) is 11.8 Å². The molecule has 4 rings (SSSR count). The van der Waals surface area contributed by atoms with Gasteiger partial charge < -0.3 is 15.1 Å². The fraction of sp³-hybridized carbons (Fsp3) is 0.364. The Morgan fingerprint density at radius 3 is 2.61 bits per heavy atom. The average Bonchev–Trinajstić information content (AvgIpc) is 3.24. The molecule has 2 aromatic carbocycles. The Kier molecular flexibility index (Phi) is 5.98. The highest BCUT2D eigenvalue weighted by Gasteiger charge is 2.24. The van der Waals surface area contributed by atoms with Crippen molar-refractivity contribution in [2.45, 2.75) is 24.3 Å². The number of nitrogens with one attached hydrogen (secondary N) is 2. The average molecular weight is 397 g/mol. The Morgan fingerprint density at radius 2 is 1.82 bits per heavy atom. The standard InChI is InChI=1S/C22H25N3O2S/c26-21-16-28-20-6-2-1-5-19(20)25(21)15-17-7-9-18(10-8-17)22(27)23-11-14-24-12-3-4-13-24/h1-2,5-10H,3-4,11-16H2,(H,23,27)/p+1. The van der Waals surface area contributed by atoms with Crippen LogP contribution in [0.5, 0.6) is 0 Å². The molecule has 2 heterocycles. The zero-order valence-corrected chi connectivity index (χ0v) is 16.8. The number of quaternary nitrogens is 1. The predicted molar refractivity (Wildman–Crippen MR) is 112 cm³/mol. The van der Waals surface area contributed by atoms with Crippen molar-refractivity contribution in [2.24, 2.45) is 0 Å². The van der Waals surface area contributed by atoms with Gasteiger partial charge in [-0.25, -0.2) is 0 Å². The molecule has 2 aliphatic rings. The lowest BCUT2D eigenvalue weighted by atomic mass is 10.1. The lowest BCUT2D eigenvalue weighted by Gasteiger charge is -2.29. The molecule has 0 radical (unpaired) electrons. The number of likely N-dealkylation sites (tertiary alicyclic amines) is 1. The smallest absolute Gasteiger partial charge is 0.251 e. The zero-order chi connectivity index (χ0) is 19.3. The number of hydrogen-bond donors (Lipinski definition) is 2. The topological polar surface area (TPSA) is 53.9 Å². The molecule has 2 aliphatic heterocycles. The highest BCUT2D eigenvalue weighted by atomic mass is 32.2. The predicted octanol–water partition coefficient (Wildman–Crippen LogP) is 1.73. The maximum absolute atomic E-state index is 12.4. The number of thioether (sulfide) groups is 1. The van der Waals surface area contributed by atoms with Crippen molar-refractivity contribution in [3.63, 3.8) is 0 Å². The van der Waals surface area contributed by atoms with E-state index in [2.05, 4.69) is 11.4 Å². The Hall–Kier alpha value is -2.31. The molecule has 1 fully saturated rings. The van der Waals surface area contributed by atoms with Crippen molar-refractivity contribution in [3.05, 3.63) is 59.7 Å². The number of carbonyl (C=O) groups is 2. The Labute approximate surface area is 170 Å². The van der Waals surface area contributed by atoms with Gasteiger partial charge in [-0.05, 0) is 29.8 Å². The van der Waals surface area contributed by atoms with Crippen LogP contribution in [-0.2, 0) is 11.3 Å². The minimum absolute atomic E-state index is 0.0269. The van der Waals surface area contributed by atoms with E-state index in [4.69, 9.17) is 0 Å². The SMILES string of the molecule is O=C(NCC[NH+]1CCCC1)c1ccc(CN2C(=O)CSc3ccccc32)cc1. The van der Waals surface area contributed by atoms with E-state index in [9.17, 15) is 9.59 Å². The normalized spacial score (nSPS) is 16.9. The van der Waals surface area contributed by atoms with E-state index in [0.717, 1.165) is 22.7 Å².